The van der Waals surface area contributed by atoms with E-state index in [-0.39, 0.29) is 22.8 Å². The van der Waals surface area contributed by atoms with E-state index in [0.29, 0.717) is 17.0 Å². The van der Waals surface area contributed by atoms with Gasteiger partial charge in [-0.3, -0.25) is 9.36 Å². The number of para-hydroxylation sites is 2. The number of hydrogen-bond donors (Lipinski definition) is 2. The maximum absolute atomic E-state index is 13.0. The zero-order valence-electron chi connectivity index (χ0n) is 17.7. The molecule has 0 radical (unpaired) electrons. The normalized spacial score (nSPS) is 12.8. The number of hydrogen-bond acceptors (Lipinski definition) is 6. The summed E-state index contributed by atoms with van der Waals surface area (Å²) < 4.78 is 40.1. The lowest BCUT2D eigenvalue weighted by Gasteiger charge is -2.21. The second kappa shape index (κ2) is 8.94. The molecule has 0 bridgehead atoms. The molecule has 2 N–H and O–H groups in total. The van der Waals surface area contributed by atoms with Gasteiger partial charge in [0.05, 0.1) is 23.2 Å². The first-order chi connectivity index (χ1) is 14.6. The van der Waals surface area contributed by atoms with Gasteiger partial charge in [0.25, 0.3) is 0 Å². The number of nitrogens with zero attached hydrogens (tertiary/aromatic N) is 1. The molecule has 9 nitrogen and oxygen atoms in total. The minimum absolute atomic E-state index is 0.0470. The Labute approximate surface area is 180 Å². The molecular weight excluding hydrogens is 422 g/mol. The summed E-state index contributed by atoms with van der Waals surface area (Å²) in [5.41, 5.74) is 1.06. The highest BCUT2D eigenvalue weighted by molar-refractivity contribution is 7.89. The molecule has 0 saturated carbocycles. The van der Waals surface area contributed by atoms with E-state index >= 15 is 0 Å². The Morgan fingerprint density at radius 1 is 1.19 bits per heavy atom. The summed E-state index contributed by atoms with van der Waals surface area (Å²) in [6.45, 7) is 3.78. The molecule has 1 heterocycles. The molecule has 0 aliphatic rings. The van der Waals surface area contributed by atoms with Gasteiger partial charge in [0, 0.05) is 13.1 Å². The topological polar surface area (TPSA) is 120 Å². The molecule has 3 aromatic rings. The van der Waals surface area contributed by atoms with Crippen molar-refractivity contribution >= 4 is 32.7 Å². The third kappa shape index (κ3) is 4.97. The summed E-state index contributed by atoms with van der Waals surface area (Å²) in [5.74, 6) is -0.585. The summed E-state index contributed by atoms with van der Waals surface area (Å²) in [4.78, 5) is 24.5. The van der Waals surface area contributed by atoms with Crippen LogP contribution in [0.25, 0.3) is 11.1 Å². The van der Waals surface area contributed by atoms with Gasteiger partial charge < -0.3 is 14.5 Å². The minimum atomic E-state index is -4.07. The Balaban J connectivity index is 1.88. The number of benzene rings is 2. The summed E-state index contributed by atoms with van der Waals surface area (Å²) in [6.07, 6.45) is 0.281. The van der Waals surface area contributed by atoms with Crippen LogP contribution in [0.3, 0.4) is 0 Å². The molecule has 2 aromatic carbocycles. The van der Waals surface area contributed by atoms with E-state index in [0.717, 1.165) is 0 Å². The minimum Gasteiger partial charge on any atom is -0.495 e. The average Bonchev–Trinajstić information content (AvgIpc) is 3.00. The van der Waals surface area contributed by atoms with Gasteiger partial charge in [0.15, 0.2) is 5.58 Å². The van der Waals surface area contributed by atoms with E-state index in [9.17, 15) is 18.0 Å². The van der Waals surface area contributed by atoms with Crippen molar-refractivity contribution in [2.45, 2.75) is 31.2 Å². The van der Waals surface area contributed by atoms with Gasteiger partial charge in [-0.1, -0.05) is 26.0 Å². The van der Waals surface area contributed by atoms with E-state index in [1.165, 1.54) is 36.9 Å². The summed E-state index contributed by atoms with van der Waals surface area (Å²) >= 11 is 0. The molecule has 31 heavy (non-hydrogen) atoms. The number of anilines is 1. The molecule has 0 aliphatic heterocycles. The number of rotatable bonds is 8. The molecule has 1 aromatic heterocycles. The number of methoxy groups -OCH3 is 1. The third-order valence-corrected chi connectivity index (χ3v) is 6.23. The molecule has 3 rings (SSSR count). The summed E-state index contributed by atoms with van der Waals surface area (Å²) in [5, 5.41) is 2.73. The first-order valence-electron chi connectivity index (χ1n) is 9.68. The fourth-order valence-corrected chi connectivity index (χ4v) is 4.41. The third-order valence-electron chi connectivity index (χ3n) is 4.76. The maximum atomic E-state index is 13.0. The van der Waals surface area contributed by atoms with Crippen molar-refractivity contribution in [3.63, 3.8) is 0 Å². The van der Waals surface area contributed by atoms with Crippen LogP contribution in [0.1, 0.15) is 20.3 Å². The number of fused-ring (bicyclic) bond motifs is 1. The molecular formula is C21H25N3O6S. The fraction of sp³-hybridized carbons (Fsp3) is 0.333. The summed E-state index contributed by atoms with van der Waals surface area (Å²) in [6, 6.07) is 9.97. The maximum Gasteiger partial charge on any atom is 0.419 e. The van der Waals surface area contributed by atoms with E-state index in [1.807, 2.05) is 13.8 Å². The van der Waals surface area contributed by atoms with Gasteiger partial charge in [0.1, 0.15) is 11.8 Å². The van der Waals surface area contributed by atoms with E-state index in [2.05, 4.69) is 10.0 Å². The van der Waals surface area contributed by atoms with Crippen LogP contribution in [0.5, 0.6) is 5.75 Å². The molecule has 1 unspecified atom stereocenters. The number of oxazole rings is 1. The van der Waals surface area contributed by atoms with Crippen molar-refractivity contribution in [1.82, 2.24) is 9.29 Å². The predicted molar refractivity (Wildman–Crippen MR) is 117 cm³/mol. The van der Waals surface area contributed by atoms with Crippen molar-refractivity contribution in [2.24, 2.45) is 13.0 Å². The molecule has 166 valence electrons. The van der Waals surface area contributed by atoms with Gasteiger partial charge >= 0.3 is 5.76 Å². The van der Waals surface area contributed by atoms with Gasteiger partial charge in [-0.15, -0.1) is 0 Å². The number of aromatic nitrogens is 1. The Kier molecular flexibility index (Phi) is 6.51. The lowest BCUT2D eigenvalue weighted by Crippen LogP contribution is -2.44. The van der Waals surface area contributed by atoms with E-state index in [4.69, 9.17) is 9.15 Å². The van der Waals surface area contributed by atoms with Gasteiger partial charge in [0.2, 0.25) is 15.9 Å². The quantitative estimate of drug-likeness (QED) is 0.547. The Bertz CT molecular complexity index is 1260. The number of aryl methyl sites for hydroxylation is 1. The number of ether oxygens (including phenoxy) is 1. The molecule has 1 atom stereocenters. The van der Waals surface area contributed by atoms with Crippen LogP contribution in [0.2, 0.25) is 0 Å². The first-order valence-corrected chi connectivity index (χ1v) is 11.2. The highest BCUT2D eigenvalue weighted by Crippen LogP contribution is 2.24. The summed E-state index contributed by atoms with van der Waals surface area (Å²) in [7, 11) is -1.05. The van der Waals surface area contributed by atoms with Gasteiger partial charge in [-0.2, -0.15) is 4.72 Å². The highest BCUT2D eigenvalue weighted by atomic mass is 32.2. The van der Waals surface area contributed by atoms with Crippen LogP contribution in [0, 0.1) is 5.92 Å². The van der Waals surface area contributed by atoms with Crippen LogP contribution in [0.4, 0.5) is 5.69 Å². The lowest BCUT2D eigenvalue weighted by atomic mass is 10.0. The zero-order valence-corrected chi connectivity index (χ0v) is 18.5. The number of carbonyl (C=O) groups excluding carboxylic acids is 1. The van der Waals surface area contributed by atoms with Gasteiger partial charge in [-0.05, 0) is 36.6 Å². The standard InChI is InChI=1S/C21H25N3O6S/c1-13(2)11-16(20(25)22-15-7-5-6-8-18(15)29-4)23-31(27,28)14-9-10-17-19(12-14)30-21(26)24(17)3/h5-10,12-13,16,23H,11H2,1-4H3,(H,22,25). The van der Waals surface area contributed by atoms with Crippen molar-refractivity contribution in [2.75, 3.05) is 12.4 Å². The Morgan fingerprint density at radius 3 is 2.58 bits per heavy atom. The smallest absolute Gasteiger partial charge is 0.419 e. The van der Waals surface area contributed by atoms with Crippen LogP contribution in [-0.4, -0.2) is 32.0 Å². The molecule has 0 saturated heterocycles. The Hall–Kier alpha value is -3.11. The fourth-order valence-electron chi connectivity index (χ4n) is 3.18. The van der Waals surface area contributed by atoms with Crippen LogP contribution >= 0.6 is 0 Å². The largest absolute Gasteiger partial charge is 0.495 e. The van der Waals surface area contributed by atoms with Gasteiger partial charge in [-0.25, -0.2) is 13.2 Å². The van der Waals surface area contributed by atoms with Crippen LogP contribution < -0.4 is 20.5 Å². The van der Waals surface area contributed by atoms with E-state index < -0.39 is 27.7 Å². The predicted octanol–water partition coefficient (Wildman–Crippen LogP) is 2.47. The van der Waals surface area contributed by atoms with Crippen LogP contribution in [-0.2, 0) is 21.9 Å². The second-order valence-electron chi connectivity index (χ2n) is 7.55. The SMILES string of the molecule is COc1ccccc1NC(=O)C(CC(C)C)NS(=O)(=O)c1ccc2c(c1)oc(=O)n2C. The molecule has 1 amide bonds. The molecule has 10 heteroatoms. The van der Waals surface area contributed by atoms with Crippen molar-refractivity contribution < 1.29 is 22.4 Å². The van der Waals surface area contributed by atoms with Crippen molar-refractivity contribution in [3.8, 4) is 5.75 Å². The molecule has 0 aliphatic carbocycles. The lowest BCUT2D eigenvalue weighted by molar-refractivity contribution is -0.118. The molecule has 0 fully saturated rings. The van der Waals surface area contributed by atoms with E-state index in [1.54, 1.807) is 24.3 Å². The average molecular weight is 448 g/mol. The molecule has 0 spiro atoms. The Morgan fingerprint density at radius 2 is 1.90 bits per heavy atom. The van der Waals surface area contributed by atoms with Crippen molar-refractivity contribution in [1.29, 1.82) is 0 Å². The second-order valence-corrected chi connectivity index (χ2v) is 9.26. The van der Waals surface area contributed by atoms with Crippen LogP contribution in [0.15, 0.2) is 56.6 Å². The zero-order chi connectivity index (χ0) is 22.8. The number of nitrogens with one attached hydrogen (secondary N) is 2. The number of sulfonamides is 1. The van der Waals surface area contributed by atoms with Crippen molar-refractivity contribution in [3.05, 3.63) is 53.0 Å². The highest BCUT2D eigenvalue weighted by Gasteiger charge is 2.27. The first kappa shape index (κ1) is 22.6. The number of carbonyl (C=O) groups is 1. The monoisotopic (exact) mass is 447 g/mol. The number of amides is 1.